The molecule has 6 heteroatoms. The number of nitrogens with two attached hydrogens (primary N) is 1. The van der Waals surface area contributed by atoms with Crippen molar-refractivity contribution in [2.75, 3.05) is 0 Å². The molecule has 4 nitrogen and oxygen atoms in total. The van der Waals surface area contributed by atoms with E-state index < -0.39 is 0 Å². The molecule has 0 atom stereocenters. The van der Waals surface area contributed by atoms with Gasteiger partial charge in [-0.25, -0.2) is 4.98 Å². The average Bonchev–Trinajstić information content (AvgIpc) is 2.80. The van der Waals surface area contributed by atoms with Crippen LogP contribution in [-0.2, 0) is 0 Å². The van der Waals surface area contributed by atoms with Gasteiger partial charge in [-0.3, -0.25) is 5.41 Å². The first-order valence-electron chi connectivity index (χ1n) is 5.81. The summed E-state index contributed by atoms with van der Waals surface area (Å²) in [6.45, 7) is 0. The van der Waals surface area contributed by atoms with Gasteiger partial charge in [-0.05, 0) is 52.0 Å². The van der Waals surface area contributed by atoms with Crippen LogP contribution in [0.15, 0.2) is 61.5 Å². The van der Waals surface area contributed by atoms with Gasteiger partial charge in [-0.15, -0.1) is 0 Å². The summed E-state index contributed by atoms with van der Waals surface area (Å²) in [6.07, 6.45) is 0. The number of nitrogen functional groups attached to an aromatic ring is 1. The van der Waals surface area contributed by atoms with Gasteiger partial charge in [0.05, 0.1) is 0 Å². The van der Waals surface area contributed by atoms with E-state index in [9.17, 15) is 0 Å². The SMILES string of the molecule is N=C(N)c1c(Br)cccc1Sc1nc2ccccc2o1. The lowest BCUT2D eigenvalue weighted by Gasteiger charge is -2.07. The van der Waals surface area contributed by atoms with E-state index in [2.05, 4.69) is 20.9 Å². The van der Waals surface area contributed by atoms with Crippen molar-refractivity contribution in [1.82, 2.24) is 4.98 Å². The van der Waals surface area contributed by atoms with E-state index in [-0.39, 0.29) is 5.84 Å². The van der Waals surface area contributed by atoms with Gasteiger partial charge in [0.2, 0.25) is 0 Å². The van der Waals surface area contributed by atoms with Crippen molar-refractivity contribution >= 4 is 44.6 Å². The fraction of sp³-hybridized carbons (Fsp3) is 0. The van der Waals surface area contributed by atoms with Crippen LogP contribution in [0.2, 0.25) is 0 Å². The Bertz CT molecular complexity index is 767. The molecule has 0 fully saturated rings. The van der Waals surface area contributed by atoms with Crippen molar-refractivity contribution in [2.45, 2.75) is 10.1 Å². The highest BCUT2D eigenvalue weighted by atomic mass is 79.9. The Hall–Kier alpha value is -1.79. The number of hydrogen-bond donors (Lipinski definition) is 2. The number of rotatable bonds is 3. The van der Waals surface area contributed by atoms with E-state index in [1.165, 1.54) is 11.8 Å². The molecule has 100 valence electrons. The molecule has 1 aromatic heterocycles. The van der Waals surface area contributed by atoms with E-state index in [1.807, 2.05) is 42.5 Å². The van der Waals surface area contributed by atoms with Gasteiger partial charge in [0, 0.05) is 14.9 Å². The smallest absolute Gasteiger partial charge is 0.261 e. The number of benzene rings is 2. The van der Waals surface area contributed by atoms with Crippen LogP contribution < -0.4 is 5.73 Å². The average molecular weight is 348 g/mol. The number of oxazole rings is 1. The monoisotopic (exact) mass is 347 g/mol. The van der Waals surface area contributed by atoms with Crippen molar-refractivity contribution in [2.24, 2.45) is 5.73 Å². The van der Waals surface area contributed by atoms with Gasteiger partial charge in [0.15, 0.2) is 5.58 Å². The highest BCUT2D eigenvalue weighted by Gasteiger charge is 2.14. The summed E-state index contributed by atoms with van der Waals surface area (Å²) in [7, 11) is 0. The Morgan fingerprint density at radius 3 is 2.75 bits per heavy atom. The first-order valence-corrected chi connectivity index (χ1v) is 7.42. The quantitative estimate of drug-likeness (QED) is 0.554. The molecule has 0 aliphatic carbocycles. The molecule has 2 aromatic carbocycles. The molecular weight excluding hydrogens is 338 g/mol. The van der Waals surface area contributed by atoms with Crippen LogP contribution in [0.4, 0.5) is 0 Å². The second kappa shape index (κ2) is 5.30. The zero-order chi connectivity index (χ0) is 14.1. The molecule has 3 N–H and O–H groups in total. The van der Waals surface area contributed by atoms with E-state index in [1.54, 1.807) is 0 Å². The molecule has 0 saturated carbocycles. The minimum absolute atomic E-state index is 0.0103. The molecule has 3 aromatic rings. The van der Waals surface area contributed by atoms with Gasteiger partial charge >= 0.3 is 0 Å². The van der Waals surface area contributed by atoms with Gasteiger partial charge in [-0.2, -0.15) is 0 Å². The third kappa shape index (κ3) is 2.44. The van der Waals surface area contributed by atoms with Gasteiger partial charge in [-0.1, -0.05) is 18.2 Å². The number of nitrogens with one attached hydrogen (secondary N) is 1. The molecule has 0 spiro atoms. The predicted molar refractivity (Wildman–Crippen MR) is 83.3 cm³/mol. The third-order valence-electron chi connectivity index (χ3n) is 2.72. The summed E-state index contributed by atoms with van der Waals surface area (Å²) in [5, 5.41) is 8.21. The molecule has 0 bridgehead atoms. The second-order valence-corrected chi connectivity index (χ2v) is 5.92. The van der Waals surface area contributed by atoms with E-state index in [0.29, 0.717) is 10.8 Å². The minimum atomic E-state index is 0.0103. The second-order valence-electron chi connectivity index (χ2n) is 4.08. The summed E-state index contributed by atoms with van der Waals surface area (Å²) >= 11 is 4.76. The highest BCUT2D eigenvalue weighted by molar-refractivity contribution is 9.10. The van der Waals surface area contributed by atoms with Gasteiger partial charge in [0.25, 0.3) is 5.22 Å². The van der Waals surface area contributed by atoms with Crippen LogP contribution in [-0.4, -0.2) is 10.8 Å². The Kier molecular flexibility index (Phi) is 3.50. The lowest BCUT2D eigenvalue weighted by atomic mass is 10.2. The lowest BCUT2D eigenvalue weighted by Crippen LogP contribution is -2.13. The van der Waals surface area contributed by atoms with Crippen LogP contribution in [0.3, 0.4) is 0 Å². The third-order valence-corrected chi connectivity index (χ3v) is 4.29. The first kappa shape index (κ1) is 13.2. The van der Waals surface area contributed by atoms with Crippen LogP contribution >= 0.6 is 27.7 Å². The van der Waals surface area contributed by atoms with E-state index >= 15 is 0 Å². The standard InChI is InChI=1S/C14H10BrN3OS/c15-8-4-3-7-11(12(8)13(16)17)20-14-18-9-5-1-2-6-10(9)19-14/h1-7H,(H3,16,17). The number of halogens is 1. The highest BCUT2D eigenvalue weighted by Crippen LogP contribution is 2.34. The van der Waals surface area contributed by atoms with Crippen molar-refractivity contribution in [3.63, 3.8) is 0 Å². The Balaban J connectivity index is 2.02. The molecule has 0 aliphatic heterocycles. The van der Waals surface area contributed by atoms with Crippen molar-refractivity contribution in [3.05, 3.63) is 52.5 Å². The first-order chi connectivity index (χ1) is 9.65. The molecule has 20 heavy (non-hydrogen) atoms. The molecule has 0 aliphatic rings. The number of hydrogen-bond acceptors (Lipinski definition) is 4. The Morgan fingerprint density at radius 2 is 2.00 bits per heavy atom. The molecule has 1 heterocycles. The number of nitrogens with zero attached hydrogens (tertiary/aromatic N) is 1. The molecule has 0 saturated heterocycles. The number of para-hydroxylation sites is 2. The maximum absolute atomic E-state index is 7.67. The molecule has 3 rings (SSSR count). The van der Waals surface area contributed by atoms with Crippen molar-refractivity contribution in [3.8, 4) is 0 Å². The zero-order valence-corrected chi connectivity index (χ0v) is 12.7. The van der Waals surface area contributed by atoms with Crippen LogP contribution in [0.5, 0.6) is 0 Å². The van der Waals surface area contributed by atoms with Gasteiger partial charge in [0.1, 0.15) is 11.4 Å². The predicted octanol–water partition coefficient (Wildman–Crippen LogP) is 4.03. The zero-order valence-electron chi connectivity index (χ0n) is 10.3. The molecule has 0 amide bonds. The van der Waals surface area contributed by atoms with Crippen molar-refractivity contribution < 1.29 is 4.42 Å². The van der Waals surface area contributed by atoms with E-state index in [4.69, 9.17) is 15.6 Å². The van der Waals surface area contributed by atoms with Crippen LogP contribution in [0.1, 0.15) is 5.56 Å². The van der Waals surface area contributed by atoms with Gasteiger partial charge < -0.3 is 10.2 Å². The lowest BCUT2D eigenvalue weighted by molar-refractivity contribution is 0.489. The van der Waals surface area contributed by atoms with Crippen molar-refractivity contribution in [1.29, 1.82) is 5.41 Å². The number of amidine groups is 1. The molecule has 0 unspecified atom stereocenters. The largest absolute Gasteiger partial charge is 0.431 e. The summed E-state index contributed by atoms with van der Waals surface area (Å²) in [6, 6.07) is 13.2. The normalized spacial score (nSPS) is 10.8. The fourth-order valence-corrected chi connectivity index (χ4v) is 3.48. The maximum Gasteiger partial charge on any atom is 0.261 e. The molecular formula is C14H10BrN3OS. The fourth-order valence-electron chi connectivity index (χ4n) is 1.84. The summed E-state index contributed by atoms with van der Waals surface area (Å²) in [5.41, 5.74) is 7.84. The van der Waals surface area contributed by atoms with E-state index in [0.717, 1.165) is 20.5 Å². The van der Waals surface area contributed by atoms with Crippen LogP contribution in [0, 0.1) is 5.41 Å². The summed E-state index contributed by atoms with van der Waals surface area (Å²) < 4.78 is 6.46. The number of aromatic nitrogens is 1. The maximum atomic E-state index is 7.67. The Morgan fingerprint density at radius 1 is 1.20 bits per heavy atom. The summed E-state index contributed by atoms with van der Waals surface area (Å²) in [4.78, 5) is 5.24. The molecule has 0 radical (unpaired) electrons. The Labute approximate surface area is 128 Å². The minimum Gasteiger partial charge on any atom is -0.431 e. The summed E-state index contributed by atoms with van der Waals surface area (Å²) in [5.74, 6) is 0.0103. The topological polar surface area (TPSA) is 75.9 Å². The van der Waals surface area contributed by atoms with Crippen LogP contribution in [0.25, 0.3) is 11.1 Å². The number of fused-ring (bicyclic) bond motifs is 1.